The summed E-state index contributed by atoms with van der Waals surface area (Å²) in [4.78, 5) is 0. The van der Waals surface area contributed by atoms with Gasteiger partial charge in [0, 0.05) is 11.5 Å². The van der Waals surface area contributed by atoms with Gasteiger partial charge in [-0.05, 0) is 24.6 Å². The van der Waals surface area contributed by atoms with Gasteiger partial charge in [0.05, 0.1) is 0 Å². The van der Waals surface area contributed by atoms with Crippen LogP contribution in [0.15, 0.2) is 24.3 Å². The van der Waals surface area contributed by atoms with Gasteiger partial charge in [0.2, 0.25) is 0 Å². The average molecular weight is 203 g/mol. The molecule has 15 heavy (non-hydrogen) atoms. The highest BCUT2D eigenvalue weighted by Gasteiger charge is 2.26. The van der Waals surface area contributed by atoms with Crippen molar-refractivity contribution in [1.29, 1.82) is 5.26 Å². The first-order valence-corrected chi connectivity index (χ1v) is 4.77. The van der Waals surface area contributed by atoms with Crippen molar-refractivity contribution in [2.24, 2.45) is 0 Å². The van der Waals surface area contributed by atoms with Crippen molar-refractivity contribution in [3.63, 3.8) is 0 Å². The summed E-state index contributed by atoms with van der Waals surface area (Å²) in [7, 11) is 0. The molecule has 2 rings (SSSR count). The Morgan fingerprint density at radius 1 is 1.33 bits per heavy atom. The highest BCUT2D eigenvalue weighted by molar-refractivity contribution is 6.86. The first-order chi connectivity index (χ1) is 7.22. The molecule has 0 aromatic heterocycles. The molecule has 0 amide bonds. The molecule has 1 aliphatic rings. The largest absolute Gasteiger partial charge is 0.300 e. The van der Waals surface area contributed by atoms with Crippen LogP contribution in [-0.2, 0) is 0 Å². The minimum Gasteiger partial charge on any atom is -0.212 e. The van der Waals surface area contributed by atoms with E-state index >= 15 is 0 Å². The summed E-state index contributed by atoms with van der Waals surface area (Å²) in [6.07, 6.45) is 3.26. The van der Waals surface area contributed by atoms with Gasteiger partial charge in [0.1, 0.15) is 11.6 Å². The summed E-state index contributed by atoms with van der Waals surface area (Å²) in [5.74, 6) is 1.16. The van der Waals surface area contributed by atoms with E-state index in [9.17, 15) is 8.78 Å². The fraction of sp³-hybridized carbons (Fsp3) is 0.182. The molecule has 0 N–H and O–H groups in total. The minimum absolute atomic E-state index is 0.221. The molecule has 0 bridgehead atoms. The van der Waals surface area contributed by atoms with Crippen molar-refractivity contribution in [2.75, 3.05) is 0 Å². The molecular weight excluding hydrogens is 195 g/mol. The van der Waals surface area contributed by atoms with Crippen LogP contribution in [0, 0.1) is 22.9 Å². The molecule has 0 aliphatic carbocycles. The molecule has 0 radical (unpaired) electrons. The van der Waals surface area contributed by atoms with Crippen LogP contribution >= 0.6 is 0 Å². The topological polar surface area (TPSA) is 23.8 Å². The Balaban J connectivity index is 2.46. The minimum atomic E-state index is -0.476. The van der Waals surface area contributed by atoms with Crippen molar-refractivity contribution in [3.05, 3.63) is 41.5 Å². The number of nitrogens with zero attached hydrogens (tertiary/aromatic N) is 1. The molecule has 1 aromatic carbocycles. The van der Waals surface area contributed by atoms with E-state index < -0.39 is 11.6 Å². The molecule has 1 aliphatic heterocycles. The summed E-state index contributed by atoms with van der Waals surface area (Å²) < 4.78 is 26.4. The Kier molecular flexibility index (Phi) is 2.55. The quantitative estimate of drug-likeness (QED) is 0.643. The number of rotatable bonds is 1. The summed E-state index contributed by atoms with van der Waals surface area (Å²) in [5.41, 5.74) is 0.841. The van der Waals surface area contributed by atoms with E-state index in [-0.39, 0.29) is 12.3 Å². The SMILES string of the molecule is N#CB1CCC=C1c1cc(F)ccc1F. The number of nitriles is 1. The number of halogens is 2. The Morgan fingerprint density at radius 2 is 2.13 bits per heavy atom. The fourth-order valence-corrected chi connectivity index (χ4v) is 1.85. The number of allylic oxidation sites excluding steroid dienone is 1. The van der Waals surface area contributed by atoms with Gasteiger partial charge in [-0.2, -0.15) is 0 Å². The zero-order chi connectivity index (χ0) is 10.8. The maximum atomic E-state index is 13.4. The van der Waals surface area contributed by atoms with Gasteiger partial charge in [0.15, 0.2) is 0 Å². The van der Waals surface area contributed by atoms with E-state index in [4.69, 9.17) is 5.26 Å². The summed E-state index contributed by atoms with van der Waals surface area (Å²) in [5, 5.41) is 8.85. The van der Waals surface area contributed by atoms with Crippen LogP contribution in [-0.4, -0.2) is 6.71 Å². The zero-order valence-electron chi connectivity index (χ0n) is 8.00. The van der Waals surface area contributed by atoms with Crippen molar-refractivity contribution in [2.45, 2.75) is 12.7 Å². The molecular formula is C11H8BF2N. The molecule has 0 unspecified atom stereocenters. The van der Waals surface area contributed by atoms with Crippen molar-refractivity contribution >= 4 is 12.2 Å². The van der Waals surface area contributed by atoms with Gasteiger partial charge in [-0.3, -0.25) is 0 Å². The second kappa shape index (κ2) is 3.86. The highest BCUT2D eigenvalue weighted by Crippen LogP contribution is 2.29. The van der Waals surface area contributed by atoms with E-state index in [0.717, 1.165) is 24.6 Å². The van der Waals surface area contributed by atoms with Crippen LogP contribution in [0.1, 0.15) is 12.0 Å². The van der Waals surface area contributed by atoms with E-state index in [1.54, 1.807) is 0 Å². The molecule has 0 atom stereocenters. The Labute approximate surface area is 87.1 Å². The molecule has 0 saturated heterocycles. The molecule has 1 nitrogen and oxygen atoms in total. The van der Waals surface area contributed by atoms with E-state index in [2.05, 4.69) is 5.97 Å². The van der Waals surface area contributed by atoms with E-state index in [1.807, 2.05) is 6.08 Å². The number of hydrogen-bond acceptors (Lipinski definition) is 1. The molecule has 0 saturated carbocycles. The molecule has 1 heterocycles. The van der Waals surface area contributed by atoms with Crippen molar-refractivity contribution in [1.82, 2.24) is 0 Å². The molecule has 0 fully saturated rings. The maximum absolute atomic E-state index is 13.4. The van der Waals surface area contributed by atoms with E-state index in [0.29, 0.717) is 11.8 Å². The van der Waals surface area contributed by atoms with Gasteiger partial charge >= 0.3 is 6.71 Å². The van der Waals surface area contributed by atoms with Crippen LogP contribution in [0.4, 0.5) is 8.78 Å². The highest BCUT2D eigenvalue weighted by atomic mass is 19.1. The third kappa shape index (κ3) is 1.78. The van der Waals surface area contributed by atoms with Gasteiger partial charge in [0.25, 0.3) is 0 Å². The van der Waals surface area contributed by atoms with Crippen LogP contribution < -0.4 is 0 Å². The Bertz CT molecular complexity index is 462. The molecule has 74 valence electrons. The predicted molar refractivity (Wildman–Crippen MR) is 55.1 cm³/mol. The standard InChI is InChI=1S/C11H8BF2N/c13-8-3-4-11(14)9(6-8)10-2-1-5-12(10)7-15/h2-4,6H,1,5H2. The van der Waals surface area contributed by atoms with Crippen LogP contribution in [0.3, 0.4) is 0 Å². The third-order valence-corrected chi connectivity index (χ3v) is 2.59. The normalized spacial score (nSPS) is 15.0. The lowest BCUT2D eigenvalue weighted by Gasteiger charge is -2.06. The van der Waals surface area contributed by atoms with Gasteiger partial charge in [-0.25, -0.2) is 14.0 Å². The lowest BCUT2D eigenvalue weighted by molar-refractivity contribution is 0.597. The van der Waals surface area contributed by atoms with Gasteiger partial charge < -0.3 is 0 Å². The Morgan fingerprint density at radius 3 is 2.87 bits per heavy atom. The average Bonchev–Trinajstić information content (AvgIpc) is 2.69. The van der Waals surface area contributed by atoms with Crippen LogP contribution in [0.25, 0.3) is 5.47 Å². The second-order valence-electron chi connectivity index (χ2n) is 3.54. The lowest BCUT2D eigenvalue weighted by Crippen LogP contribution is -2.09. The summed E-state index contributed by atoms with van der Waals surface area (Å²) in [6.45, 7) is -0.304. The smallest absolute Gasteiger partial charge is 0.212 e. The van der Waals surface area contributed by atoms with Gasteiger partial charge in [-0.15, -0.1) is 0 Å². The maximum Gasteiger partial charge on any atom is 0.300 e. The summed E-state index contributed by atoms with van der Waals surface area (Å²) >= 11 is 0. The third-order valence-electron chi connectivity index (χ3n) is 2.59. The van der Waals surface area contributed by atoms with Crippen LogP contribution in [0.5, 0.6) is 0 Å². The lowest BCUT2D eigenvalue weighted by atomic mass is 9.45. The molecule has 0 spiro atoms. The van der Waals surface area contributed by atoms with Crippen molar-refractivity contribution in [3.8, 4) is 5.97 Å². The van der Waals surface area contributed by atoms with Crippen LogP contribution in [0.2, 0.25) is 6.32 Å². The van der Waals surface area contributed by atoms with Crippen molar-refractivity contribution < 1.29 is 8.78 Å². The number of benzene rings is 1. The zero-order valence-corrected chi connectivity index (χ0v) is 8.00. The van der Waals surface area contributed by atoms with E-state index in [1.165, 1.54) is 0 Å². The Hall–Kier alpha value is -1.63. The monoisotopic (exact) mass is 203 g/mol. The van der Waals surface area contributed by atoms with Gasteiger partial charge in [-0.1, -0.05) is 17.9 Å². The summed E-state index contributed by atoms with van der Waals surface area (Å²) in [6, 6.07) is 3.32. The second-order valence-corrected chi connectivity index (χ2v) is 3.54. The molecule has 1 aromatic rings. The fourth-order valence-electron chi connectivity index (χ4n) is 1.85. The number of hydrogen-bond donors (Lipinski definition) is 0. The first kappa shape index (κ1) is 9.91. The first-order valence-electron chi connectivity index (χ1n) is 4.77. The predicted octanol–water partition coefficient (Wildman–Crippen LogP) is 2.85. The molecule has 4 heteroatoms.